The number of aliphatic hydroxyl groups excluding tert-OH is 8. The van der Waals surface area contributed by atoms with Crippen molar-refractivity contribution in [3.05, 3.63) is 6.42 Å². The molecule has 0 spiro atoms. The van der Waals surface area contributed by atoms with Crippen LogP contribution in [0.5, 0.6) is 0 Å². The molecule has 0 aliphatic carbocycles. The molecular formula is C20H35O14Re-. The molecule has 3 fully saturated rings. The van der Waals surface area contributed by atoms with E-state index in [2.05, 4.69) is 0 Å². The van der Waals surface area contributed by atoms with Gasteiger partial charge in [-0.15, -0.1) is 0 Å². The molecule has 3 rings (SSSR count). The van der Waals surface area contributed by atoms with Crippen LogP contribution in [0.3, 0.4) is 0 Å². The Morgan fingerprint density at radius 2 is 1.20 bits per heavy atom. The van der Waals surface area contributed by atoms with Crippen LogP contribution in [0.1, 0.15) is 13.3 Å². The second-order valence-electron chi connectivity index (χ2n) is 8.48. The molecule has 8 N–H and O–H groups in total. The monoisotopic (exact) mass is 686 g/mol. The van der Waals surface area contributed by atoms with Crippen molar-refractivity contribution in [1.82, 2.24) is 0 Å². The summed E-state index contributed by atoms with van der Waals surface area (Å²) in [5.74, 6) is 0. The maximum Gasteiger partial charge on any atom is 0.187 e. The van der Waals surface area contributed by atoms with Crippen molar-refractivity contribution in [1.29, 1.82) is 0 Å². The summed E-state index contributed by atoms with van der Waals surface area (Å²) in [5.41, 5.74) is 0. The average Bonchev–Trinajstić information content (AvgIpc) is 2.83. The molecule has 0 aromatic carbocycles. The van der Waals surface area contributed by atoms with Crippen LogP contribution in [0, 0.1) is 6.42 Å². The summed E-state index contributed by atoms with van der Waals surface area (Å²) in [4.78, 5) is 0. The summed E-state index contributed by atoms with van der Waals surface area (Å²) < 4.78 is 32.6. The molecule has 207 valence electrons. The van der Waals surface area contributed by atoms with Gasteiger partial charge in [0.2, 0.25) is 0 Å². The van der Waals surface area contributed by atoms with Crippen LogP contribution in [0.25, 0.3) is 0 Å². The van der Waals surface area contributed by atoms with E-state index in [0.29, 0.717) is 6.42 Å². The summed E-state index contributed by atoms with van der Waals surface area (Å²) in [5, 5.41) is 81.2. The maximum absolute atomic E-state index is 10.7. The standard InChI is InChI=1S/C20H35O14.Re/c1-3-8-12(24)7(23)4-11(30-8)33-17-9(5-21)32-20(16(28)14(17)26)34-18-10(6-22)31-19(29-2)15(27)13(18)25;/h4,7-28H,3,5-6H2,1-2H3;/q-1;/t7-,8-,9-,10-,11+,12-,13-,14-,15-,16-,17-,18-,19-,20+;/m1./s1. The minimum Gasteiger partial charge on any atom is -0.422 e. The van der Waals surface area contributed by atoms with E-state index in [-0.39, 0.29) is 20.4 Å². The van der Waals surface area contributed by atoms with E-state index < -0.39 is 99.2 Å². The predicted octanol–water partition coefficient (Wildman–Crippen LogP) is -4.66. The number of methoxy groups -OCH3 is 1. The van der Waals surface area contributed by atoms with Crippen molar-refractivity contribution in [2.24, 2.45) is 0 Å². The molecule has 3 heterocycles. The molecule has 0 aromatic heterocycles. The fourth-order valence-electron chi connectivity index (χ4n) is 4.27. The summed E-state index contributed by atoms with van der Waals surface area (Å²) in [6.07, 6.45) is -17.3. The number of hydrogen-bond acceptors (Lipinski definition) is 14. The second-order valence-corrected chi connectivity index (χ2v) is 8.48. The van der Waals surface area contributed by atoms with Crippen LogP contribution in [0.2, 0.25) is 0 Å². The van der Waals surface area contributed by atoms with Gasteiger partial charge in [-0.1, -0.05) is 6.92 Å². The average molecular weight is 686 g/mol. The Morgan fingerprint density at radius 3 is 1.71 bits per heavy atom. The third kappa shape index (κ3) is 6.76. The van der Waals surface area contributed by atoms with E-state index in [1.165, 1.54) is 13.5 Å². The largest absolute Gasteiger partial charge is 0.422 e. The minimum absolute atomic E-state index is 0. The topological polar surface area (TPSA) is 217 Å². The van der Waals surface area contributed by atoms with Crippen molar-refractivity contribution in [2.45, 2.75) is 99.4 Å². The second kappa shape index (κ2) is 13.8. The molecule has 15 heteroatoms. The molecule has 0 amide bonds. The van der Waals surface area contributed by atoms with Crippen molar-refractivity contribution in [3.8, 4) is 0 Å². The minimum atomic E-state index is -1.75. The first-order valence-electron chi connectivity index (χ1n) is 11.1. The fourth-order valence-corrected chi connectivity index (χ4v) is 4.27. The molecule has 0 unspecified atom stereocenters. The van der Waals surface area contributed by atoms with Gasteiger partial charge in [0, 0.05) is 33.8 Å². The van der Waals surface area contributed by atoms with E-state index in [1.807, 2.05) is 0 Å². The first kappa shape index (κ1) is 31.3. The zero-order valence-electron chi connectivity index (χ0n) is 19.2. The third-order valence-electron chi connectivity index (χ3n) is 6.25. The Hall–Kier alpha value is 0.102. The van der Waals surface area contributed by atoms with Gasteiger partial charge in [0.05, 0.1) is 25.4 Å². The van der Waals surface area contributed by atoms with Gasteiger partial charge in [0.15, 0.2) is 12.6 Å². The van der Waals surface area contributed by atoms with Crippen LogP contribution >= 0.6 is 0 Å². The fraction of sp³-hybridized carbons (Fsp3) is 0.950. The van der Waals surface area contributed by atoms with Crippen LogP contribution in [0.4, 0.5) is 0 Å². The first-order chi connectivity index (χ1) is 16.2. The summed E-state index contributed by atoms with van der Waals surface area (Å²) >= 11 is 0. The Bertz CT molecular complexity index is 629. The van der Waals surface area contributed by atoms with E-state index >= 15 is 0 Å². The molecule has 14 nitrogen and oxygen atoms in total. The number of hydrogen-bond donors (Lipinski definition) is 8. The van der Waals surface area contributed by atoms with Crippen LogP contribution in [-0.4, -0.2) is 147 Å². The van der Waals surface area contributed by atoms with Crippen LogP contribution in [-0.2, 0) is 48.8 Å². The molecular weight excluding hydrogens is 650 g/mol. The third-order valence-corrected chi connectivity index (χ3v) is 6.25. The maximum atomic E-state index is 10.7. The molecule has 35 heavy (non-hydrogen) atoms. The van der Waals surface area contributed by atoms with E-state index in [1.54, 1.807) is 6.92 Å². The molecule has 3 saturated heterocycles. The van der Waals surface area contributed by atoms with Crippen molar-refractivity contribution >= 4 is 0 Å². The van der Waals surface area contributed by atoms with Crippen molar-refractivity contribution in [2.75, 3.05) is 20.3 Å². The van der Waals surface area contributed by atoms with Gasteiger partial charge in [0.25, 0.3) is 0 Å². The molecule has 0 aromatic rings. The molecule has 3 aliphatic heterocycles. The zero-order valence-corrected chi connectivity index (χ0v) is 21.9. The van der Waals surface area contributed by atoms with Crippen LogP contribution in [0.15, 0.2) is 0 Å². The quantitative estimate of drug-likeness (QED) is 0.113. The molecule has 0 bridgehead atoms. The smallest absolute Gasteiger partial charge is 0.187 e. The van der Waals surface area contributed by atoms with Gasteiger partial charge in [-0.2, -0.15) is 0 Å². The summed E-state index contributed by atoms with van der Waals surface area (Å²) in [6, 6.07) is 0. The molecule has 0 saturated carbocycles. The van der Waals surface area contributed by atoms with E-state index in [4.69, 9.17) is 28.4 Å². The summed E-state index contributed by atoms with van der Waals surface area (Å²) in [6.45, 7) is 0.431. The Morgan fingerprint density at radius 1 is 0.686 bits per heavy atom. The van der Waals surface area contributed by atoms with Gasteiger partial charge in [-0.05, 0) is 12.5 Å². The van der Waals surface area contributed by atoms with Gasteiger partial charge < -0.3 is 69.3 Å². The summed E-state index contributed by atoms with van der Waals surface area (Å²) in [7, 11) is 1.24. The SMILES string of the molecule is CC[C@H]1O[C@@H](O[C@H]2[C@H](O)[C@@H](O)[C@H](O[C@H]3[C@H](O)[C@@H](O)[C@H](OC)O[C@@H]3CO)O[C@@H]2CO)[CH-][C@@H](O)[C@H]1O.[Re]. The Balaban J connectivity index is 0.00000432. The number of ether oxygens (including phenoxy) is 6. The van der Waals surface area contributed by atoms with Gasteiger partial charge in [0.1, 0.15) is 48.8 Å². The molecule has 3 aliphatic rings. The molecule has 14 atom stereocenters. The van der Waals surface area contributed by atoms with Crippen molar-refractivity contribution < 1.29 is 89.7 Å². The number of aliphatic hydroxyl groups is 8. The van der Waals surface area contributed by atoms with Gasteiger partial charge in [-0.3, -0.25) is 0 Å². The zero-order chi connectivity index (χ0) is 25.2. The predicted molar refractivity (Wildman–Crippen MR) is 108 cm³/mol. The molecule has 1 radical (unpaired) electrons. The Kier molecular flexibility index (Phi) is 12.3. The van der Waals surface area contributed by atoms with Gasteiger partial charge >= 0.3 is 0 Å². The van der Waals surface area contributed by atoms with Gasteiger partial charge in [-0.25, -0.2) is 6.42 Å². The van der Waals surface area contributed by atoms with E-state index in [9.17, 15) is 40.9 Å². The first-order valence-corrected chi connectivity index (χ1v) is 11.1. The van der Waals surface area contributed by atoms with Crippen LogP contribution < -0.4 is 0 Å². The number of rotatable bonds is 8. The van der Waals surface area contributed by atoms with Crippen molar-refractivity contribution in [3.63, 3.8) is 0 Å². The Labute approximate surface area is 215 Å². The van der Waals surface area contributed by atoms with E-state index in [0.717, 1.165) is 0 Å². The normalized spacial score (nSPS) is 48.9.